The predicted octanol–water partition coefficient (Wildman–Crippen LogP) is 3.49. The molecule has 0 aliphatic carbocycles. The Hall–Kier alpha value is -1.16. The summed E-state index contributed by atoms with van der Waals surface area (Å²) >= 11 is 14.5. The number of methoxy groups -OCH3 is 1. The second-order valence-corrected chi connectivity index (χ2v) is 7.05. The molecule has 22 heavy (non-hydrogen) atoms. The number of hydrogen-bond donors (Lipinski definition) is 1. The summed E-state index contributed by atoms with van der Waals surface area (Å²) in [5.41, 5.74) is 0. The average molecular weight is 431 g/mol. The molecule has 1 aromatic heterocycles. The van der Waals surface area contributed by atoms with E-state index in [2.05, 4.69) is 30.6 Å². The van der Waals surface area contributed by atoms with Gasteiger partial charge in [-0.2, -0.15) is 0 Å². The highest BCUT2D eigenvalue weighted by molar-refractivity contribution is 9.10. The molecule has 0 atom stereocenters. The Morgan fingerprint density at radius 2 is 2.00 bits per heavy atom. The molecular weight excluding hydrogens is 424 g/mol. The van der Waals surface area contributed by atoms with Gasteiger partial charge >= 0.3 is 0 Å². The van der Waals surface area contributed by atoms with Crippen LogP contribution in [0.3, 0.4) is 0 Å². The lowest BCUT2D eigenvalue weighted by Gasteiger charge is -2.11. The van der Waals surface area contributed by atoms with E-state index in [4.69, 9.17) is 27.9 Å². The van der Waals surface area contributed by atoms with Gasteiger partial charge in [0, 0.05) is 0 Å². The zero-order valence-corrected chi connectivity index (χ0v) is 14.7. The Morgan fingerprint density at radius 3 is 2.64 bits per heavy atom. The third-order valence-electron chi connectivity index (χ3n) is 2.42. The minimum Gasteiger partial charge on any atom is -0.478 e. The molecule has 0 spiro atoms. The molecule has 2 aromatic rings. The fourth-order valence-corrected chi connectivity index (χ4v) is 3.49. The van der Waals surface area contributed by atoms with Gasteiger partial charge in [0.25, 0.3) is 15.9 Å². The molecule has 2 rings (SSSR count). The largest absolute Gasteiger partial charge is 0.478 e. The van der Waals surface area contributed by atoms with Crippen LogP contribution >= 0.6 is 39.1 Å². The van der Waals surface area contributed by atoms with Crippen molar-refractivity contribution in [2.45, 2.75) is 4.90 Å². The molecule has 0 fully saturated rings. The first-order valence-electron chi connectivity index (χ1n) is 5.49. The summed E-state index contributed by atoms with van der Waals surface area (Å²) in [4.78, 5) is 7.37. The van der Waals surface area contributed by atoms with Crippen molar-refractivity contribution in [3.63, 3.8) is 0 Å². The number of nitrogens with zero attached hydrogens (tertiary/aromatic N) is 2. The summed E-state index contributed by atoms with van der Waals surface area (Å²) in [6.07, 6.45) is 1.28. The molecule has 0 amide bonds. The normalized spacial score (nSPS) is 11.3. The van der Waals surface area contributed by atoms with Crippen molar-refractivity contribution in [2.75, 3.05) is 11.8 Å². The lowest BCUT2D eigenvalue weighted by atomic mass is 10.3. The molecule has 1 heterocycles. The van der Waals surface area contributed by atoms with Crippen LogP contribution in [-0.4, -0.2) is 25.5 Å². The highest BCUT2D eigenvalue weighted by Gasteiger charge is 2.24. The zero-order valence-electron chi connectivity index (χ0n) is 10.8. The van der Waals surface area contributed by atoms with Crippen LogP contribution < -0.4 is 9.46 Å². The number of ether oxygens (including phenoxy) is 1. The van der Waals surface area contributed by atoms with Crippen molar-refractivity contribution in [1.29, 1.82) is 0 Å². The summed E-state index contributed by atoms with van der Waals surface area (Å²) in [7, 11) is -2.86. The number of halogens is 4. The molecule has 0 saturated carbocycles. The second-order valence-electron chi connectivity index (χ2n) is 3.83. The summed E-state index contributed by atoms with van der Waals surface area (Å²) in [6, 6.07) is 1.89. The van der Waals surface area contributed by atoms with E-state index in [0.717, 1.165) is 12.1 Å². The number of rotatable bonds is 4. The van der Waals surface area contributed by atoms with E-state index in [1.807, 2.05) is 0 Å². The second kappa shape index (κ2) is 6.53. The predicted molar refractivity (Wildman–Crippen MR) is 83.5 cm³/mol. The third kappa shape index (κ3) is 3.43. The van der Waals surface area contributed by atoms with Gasteiger partial charge in [-0.3, -0.25) is 4.72 Å². The Bertz CT molecular complexity index is 836. The summed E-state index contributed by atoms with van der Waals surface area (Å²) in [6.45, 7) is 0. The van der Waals surface area contributed by atoms with Gasteiger partial charge in [0.15, 0.2) is 0 Å². The number of hydrogen-bond acceptors (Lipinski definition) is 5. The minimum atomic E-state index is -4.16. The Morgan fingerprint density at radius 1 is 1.32 bits per heavy atom. The third-order valence-corrected chi connectivity index (χ3v) is 5.16. The molecule has 0 bridgehead atoms. The minimum absolute atomic E-state index is 0.0534. The van der Waals surface area contributed by atoms with Gasteiger partial charge in [-0.25, -0.2) is 22.8 Å². The van der Waals surface area contributed by atoms with E-state index in [0.29, 0.717) is 4.60 Å². The van der Waals surface area contributed by atoms with Crippen molar-refractivity contribution >= 4 is 55.0 Å². The lowest BCUT2D eigenvalue weighted by Crippen LogP contribution is -2.16. The van der Waals surface area contributed by atoms with Gasteiger partial charge in [-0.05, 0) is 28.1 Å². The molecule has 0 radical (unpaired) electrons. The Balaban J connectivity index is 2.47. The molecule has 118 valence electrons. The Kier molecular flexibility index (Phi) is 5.10. The molecule has 1 N–H and O–H groups in total. The lowest BCUT2D eigenvalue weighted by molar-refractivity contribution is 0.397. The first kappa shape index (κ1) is 17.2. The Labute approximate surface area is 143 Å². The quantitative estimate of drug-likeness (QED) is 0.750. The van der Waals surface area contributed by atoms with Crippen molar-refractivity contribution in [3.05, 3.63) is 38.8 Å². The molecule has 1 aromatic carbocycles. The topological polar surface area (TPSA) is 81.2 Å². The highest BCUT2D eigenvalue weighted by atomic mass is 79.9. The van der Waals surface area contributed by atoms with E-state index in [1.165, 1.54) is 13.3 Å². The fraction of sp³-hybridized carbons (Fsp3) is 0.0909. The first-order chi connectivity index (χ1) is 10.3. The molecule has 0 aliphatic rings. The number of aromatic nitrogens is 2. The van der Waals surface area contributed by atoms with Crippen molar-refractivity contribution in [1.82, 2.24) is 9.97 Å². The summed E-state index contributed by atoms with van der Waals surface area (Å²) < 4.78 is 45.4. The SMILES string of the molecule is COc1nc(Br)cnc1NS(=O)(=O)c1ccc(F)c(Cl)c1Cl. The van der Waals surface area contributed by atoms with Crippen LogP contribution in [0.15, 0.2) is 27.8 Å². The van der Waals surface area contributed by atoms with Crippen LogP contribution in [0.2, 0.25) is 10.0 Å². The van der Waals surface area contributed by atoms with E-state index in [1.54, 1.807) is 0 Å². The van der Waals surface area contributed by atoms with Crippen molar-refractivity contribution in [3.8, 4) is 5.88 Å². The molecule has 11 heteroatoms. The summed E-state index contributed by atoms with van der Waals surface area (Å²) in [5.74, 6) is -1.03. The van der Waals surface area contributed by atoms with E-state index in [-0.39, 0.29) is 11.7 Å². The average Bonchev–Trinajstić information content (AvgIpc) is 2.46. The van der Waals surface area contributed by atoms with Crippen molar-refractivity contribution in [2.24, 2.45) is 0 Å². The smallest absolute Gasteiger partial charge is 0.264 e. The molecule has 6 nitrogen and oxygen atoms in total. The summed E-state index contributed by atoms with van der Waals surface area (Å²) in [5, 5.41) is -0.920. The van der Waals surface area contributed by atoms with E-state index < -0.39 is 30.8 Å². The number of benzene rings is 1. The monoisotopic (exact) mass is 429 g/mol. The van der Waals surface area contributed by atoms with Gasteiger partial charge < -0.3 is 4.74 Å². The standard InChI is InChI=1S/C11H7BrCl2FN3O3S/c1-21-11-10(16-4-7(12)17-11)18-22(19,20)6-3-2-5(15)8(13)9(6)14/h2-4H,1H3,(H,16,18). The van der Waals surface area contributed by atoms with Crippen LogP contribution in [0, 0.1) is 5.82 Å². The van der Waals surface area contributed by atoms with Gasteiger partial charge in [0.1, 0.15) is 15.3 Å². The molecule has 0 saturated heterocycles. The highest BCUT2D eigenvalue weighted by Crippen LogP contribution is 2.33. The van der Waals surface area contributed by atoms with E-state index >= 15 is 0 Å². The van der Waals surface area contributed by atoms with Crippen LogP contribution in [0.5, 0.6) is 5.88 Å². The number of sulfonamides is 1. The number of nitrogens with one attached hydrogen (secondary N) is 1. The molecule has 0 unspecified atom stereocenters. The van der Waals surface area contributed by atoms with Gasteiger partial charge in [0.2, 0.25) is 5.82 Å². The maximum absolute atomic E-state index is 13.3. The van der Waals surface area contributed by atoms with Gasteiger partial charge in [-0.15, -0.1) is 0 Å². The van der Waals surface area contributed by atoms with Gasteiger partial charge in [-0.1, -0.05) is 23.2 Å². The zero-order chi connectivity index (χ0) is 16.5. The maximum Gasteiger partial charge on any atom is 0.264 e. The maximum atomic E-state index is 13.3. The molecular formula is C11H7BrCl2FN3O3S. The number of anilines is 1. The van der Waals surface area contributed by atoms with Crippen LogP contribution in [0.4, 0.5) is 10.2 Å². The van der Waals surface area contributed by atoms with Crippen molar-refractivity contribution < 1.29 is 17.5 Å². The van der Waals surface area contributed by atoms with Crippen LogP contribution in [-0.2, 0) is 10.0 Å². The van der Waals surface area contributed by atoms with Crippen LogP contribution in [0.1, 0.15) is 0 Å². The first-order valence-corrected chi connectivity index (χ1v) is 8.52. The molecule has 0 aliphatic heterocycles. The van der Waals surface area contributed by atoms with E-state index in [9.17, 15) is 12.8 Å². The van der Waals surface area contributed by atoms with Crippen LogP contribution in [0.25, 0.3) is 0 Å². The fourth-order valence-electron chi connectivity index (χ4n) is 1.46. The van der Waals surface area contributed by atoms with Gasteiger partial charge in [0.05, 0.1) is 23.4 Å².